The van der Waals surface area contributed by atoms with Crippen LogP contribution in [0.5, 0.6) is 5.75 Å². The van der Waals surface area contributed by atoms with E-state index in [1.807, 2.05) is 36.4 Å². The smallest absolute Gasteiger partial charge is 0.338 e. The van der Waals surface area contributed by atoms with Gasteiger partial charge in [0.25, 0.3) is 0 Å². The zero-order valence-corrected chi connectivity index (χ0v) is 19.9. The van der Waals surface area contributed by atoms with Crippen LogP contribution in [0, 0.1) is 0 Å². The summed E-state index contributed by atoms with van der Waals surface area (Å²) < 4.78 is 27.1. The Morgan fingerprint density at radius 2 is 1.54 bits per heavy atom. The Kier molecular flexibility index (Phi) is 8.74. The van der Waals surface area contributed by atoms with Gasteiger partial charge in [0.2, 0.25) is 0 Å². The van der Waals surface area contributed by atoms with Gasteiger partial charge >= 0.3 is 11.9 Å². The van der Waals surface area contributed by atoms with Crippen LogP contribution >= 0.6 is 0 Å². The lowest BCUT2D eigenvalue weighted by Gasteiger charge is -2.12. The predicted octanol–water partition coefficient (Wildman–Crippen LogP) is 4.51. The number of unbranched alkanes of at least 4 members (excludes halogenated alkanes) is 3. The largest absolute Gasteiger partial charge is 0.494 e. The molecule has 188 valence electrons. The third-order valence-corrected chi connectivity index (χ3v) is 6.04. The van der Waals surface area contributed by atoms with Gasteiger partial charge in [-0.1, -0.05) is 55.7 Å². The number of rotatable bonds is 13. The molecule has 0 saturated carbocycles. The second kappa shape index (κ2) is 12.2. The van der Waals surface area contributed by atoms with Crippen LogP contribution in [0.15, 0.2) is 48.5 Å². The second-order valence-electron chi connectivity index (χ2n) is 8.69. The minimum atomic E-state index is -1.41. The van der Waals surface area contributed by atoms with Crippen molar-refractivity contribution in [3.8, 4) is 16.9 Å². The Morgan fingerprint density at radius 1 is 0.914 bits per heavy atom. The molecule has 8 nitrogen and oxygen atoms in total. The monoisotopic (exact) mass is 484 g/mol. The number of carbonyl (C=O) groups is 2. The summed E-state index contributed by atoms with van der Waals surface area (Å²) in [6.07, 6.45) is 2.68. The summed E-state index contributed by atoms with van der Waals surface area (Å²) in [5, 5.41) is 9.38. The lowest BCUT2D eigenvalue weighted by molar-refractivity contribution is -0.160. The van der Waals surface area contributed by atoms with Gasteiger partial charge in [-0.15, -0.1) is 0 Å². The van der Waals surface area contributed by atoms with E-state index in [0.717, 1.165) is 29.9 Å². The summed E-state index contributed by atoms with van der Waals surface area (Å²) in [4.78, 5) is 23.5. The van der Waals surface area contributed by atoms with Gasteiger partial charge in [-0.2, -0.15) is 0 Å². The topological polar surface area (TPSA) is 104 Å². The summed E-state index contributed by atoms with van der Waals surface area (Å²) in [7, 11) is 0. The van der Waals surface area contributed by atoms with Crippen molar-refractivity contribution in [2.75, 3.05) is 19.8 Å². The van der Waals surface area contributed by atoms with Crippen molar-refractivity contribution in [2.24, 2.45) is 0 Å². The van der Waals surface area contributed by atoms with Crippen molar-refractivity contribution in [1.82, 2.24) is 0 Å². The highest BCUT2D eigenvalue weighted by Gasteiger charge is 2.46. The molecule has 35 heavy (non-hydrogen) atoms. The van der Waals surface area contributed by atoms with Crippen LogP contribution in [0.4, 0.5) is 0 Å². The number of carbonyl (C=O) groups excluding carboxylic acids is 1. The van der Waals surface area contributed by atoms with E-state index < -0.39 is 30.4 Å². The lowest BCUT2D eigenvalue weighted by atomic mass is 10.0. The first-order valence-corrected chi connectivity index (χ1v) is 12.2. The minimum absolute atomic E-state index is 0.130. The quantitative estimate of drug-likeness (QED) is 0.252. The van der Waals surface area contributed by atoms with Crippen molar-refractivity contribution < 1.29 is 38.4 Å². The molecule has 0 spiro atoms. The van der Waals surface area contributed by atoms with Crippen LogP contribution in [-0.4, -0.2) is 55.2 Å². The maximum absolute atomic E-state index is 12.0. The van der Waals surface area contributed by atoms with Crippen molar-refractivity contribution in [3.05, 3.63) is 54.1 Å². The molecule has 0 aromatic heterocycles. The Bertz CT molecular complexity index is 968. The highest BCUT2D eigenvalue weighted by molar-refractivity contribution is 5.85. The van der Waals surface area contributed by atoms with E-state index in [1.54, 1.807) is 19.1 Å². The summed E-state index contributed by atoms with van der Waals surface area (Å²) in [6, 6.07) is 15.3. The molecular formula is C27H32O8. The van der Waals surface area contributed by atoms with Crippen LogP contribution < -0.4 is 4.74 Å². The molecule has 0 radical (unpaired) electrons. The highest BCUT2D eigenvalue weighted by atomic mass is 16.7. The number of ether oxygens (including phenoxy) is 5. The Hall–Kier alpha value is -2.94. The molecule has 2 unspecified atom stereocenters. The van der Waals surface area contributed by atoms with Crippen LogP contribution in [-0.2, 0) is 28.5 Å². The third kappa shape index (κ3) is 7.04. The van der Waals surface area contributed by atoms with Gasteiger partial charge in [-0.3, -0.25) is 0 Å². The fraction of sp³-hybridized carbons (Fsp3) is 0.481. The standard InChI is InChI=1S/C27H32O8/c1-2-31-26(30)24-23(25(28)29)34-27(35-24)20-10-8-18(9-11-20)19-12-14-21(15-13-19)32-16-6-4-3-5-7-22-17-33-22/h8-15,22-24,27H,2-7,16-17H2,1H3,(H,28,29)/t22?,23-,24-,27?/m1/s1. The first-order chi connectivity index (χ1) is 17.0. The molecule has 2 fully saturated rings. The van der Waals surface area contributed by atoms with Crippen LogP contribution in [0.3, 0.4) is 0 Å². The molecule has 2 saturated heterocycles. The molecule has 0 amide bonds. The fourth-order valence-electron chi connectivity index (χ4n) is 4.02. The van der Waals surface area contributed by atoms with Crippen molar-refractivity contribution in [1.29, 1.82) is 0 Å². The van der Waals surface area contributed by atoms with E-state index in [4.69, 9.17) is 23.7 Å². The molecule has 2 heterocycles. The van der Waals surface area contributed by atoms with Gasteiger partial charge < -0.3 is 28.8 Å². The Labute approximate surface area is 205 Å². The minimum Gasteiger partial charge on any atom is -0.494 e. The number of hydrogen-bond acceptors (Lipinski definition) is 7. The molecule has 2 aromatic carbocycles. The van der Waals surface area contributed by atoms with E-state index in [0.29, 0.717) is 18.3 Å². The van der Waals surface area contributed by atoms with Gasteiger partial charge in [-0.05, 0) is 43.0 Å². The molecule has 0 aliphatic carbocycles. The van der Waals surface area contributed by atoms with E-state index >= 15 is 0 Å². The zero-order valence-electron chi connectivity index (χ0n) is 19.9. The zero-order chi connectivity index (χ0) is 24.6. The first kappa shape index (κ1) is 25.2. The molecule has 8 heteroatoms. The molecule has 4 rings (SSSR count). The summed E-state index contributed by atoms with van der Waals surface area (Å²) in [5.74, 6) is -1.17. The third-order valence-electron chi connectivity index (χ3n) is 6.04. The van der Waals surface area contributed by atoms with Gasteiger partial charge in [0.05, 0.1) is 25.9 Å². The van der Waals surface area contributed by atoms with Crippen LogP contribution in [0.1, 0.15) is 50.9 Å². The van der Waals surface area contributed by atoms with Crippen LogP contribution in [0.2, 0.25) is 0 Å². The molecule has 4 atom stereocenters. The number of carboxylic acids is 1. The number of benzene rings is 2. The number of epoxide rings is 1. The van der Waals surface area contributed by atoms with E-state index in [1.165, 1.54) is 25.7 Å². The number of aliphatic carboxylic acids is 1. The van der Waals surface area contributed by atoms with Crippen molar-refractivity contribution in [3.63, 3.8) is 0 Å². The van der Waals surface area contributed by atoms with E-state index in [-0.39, 0.29) is 6.61 Å². The van der Waals surface area contributed by atoms with Gasteiger partial charge in [0, 0.05) is 5.56 Å². The van der Waals surface area contributed by atoms with Crippen molar-refractivity contribution >= 4 is 11.9 Å². The van der Waals surface area contributed by atoms with Crippen molar-refractivity contribution in [2.45, 2.75) is 63.6 Å². The Balaban J connectivity index is 1.26. The normalized spacial score (nSPS) is 23.1. The SMILES string of the molecule is CCOC(=O)[C@@H]1OC(c2ccc(-c3ccc(OCCCCCCC4CO4)cc3)cc2)O[C@H]1C(=O)O. The summed E-state index contributed by atoms with van der Waals surface area (Å²) >= 11 is 0. The van der Waals surface area contributed by atoms with Crippen LogP contribution in [0.25, 0.3) is 11.1 Å². The average molecular weight is 485 g/mol. The van der Waals surface area contributed by atoms with E-state index in [9.17, 15) is 14.7 Å². The van der Waals surface area contributed by atoms with E-state index in [2.05, 4.69) is 0 Å². The number of carboxylic acid groups (broad SMARTS) is 1. The molecular weight excluding hydrogens is 452 g/mol. The van der Waals surface area contributed by atoms with Gasteiger partial charge in [-0.25, -0.2) is 9.59 Å². The summed E-state index contributed by atoms with van der Waals surface area (Å²) in [6.45, 7) is 3.42. The predicted molar refractivity (Wildman–Crippen MR) is 127 cm³/mol. The molecule has 2 aliphatic heterocycles. The number of esters is 1. The Morgan fingerprint density at radius 3 is 2.17 bits per heavy atom. The molecule has 2 aromatic rings. The fourth-order valence-corrected chi connectivity index (χ4v) is 4.02. The van der Waals surface area contributed by atoms with Gasteiger partial charge in [0.15, 0.2) is 18.5 Å². The van der Waals surface area contributed by atoms with Gasteiger partial charge in [0.1, 0.15) is 5.75 Å². The number of hydrogen-bond donors (Lipinski definition) is 1. The summed E-state index contributed by atoms with van der Waals surface area (Å²) in [5.41, 5.74) is 2.62. The second-order valence-corrected chi connectivity index (χ2v) is 8.69. The molecule has 1 N–H and O–H groups in total. The molecule has 2 aliphatic rings. The highest BCUT2D eigenvalue weighted by Crippen LogP contribution is 2.33. The molecule has 0 bridgehead atoms. The average Bonchev–Trinajstić information content (AvgIpc) is 3.58. The lowest BCUT2D eigenvalue weighted by Crippen LogP contribution is -2.38. The maximum Gasteiger partial charge on any atom is 0.338 e. The first-order valence-electron chi connectivity index (χ1n) is 12.2. The maximum atomic E-state index is 12.0.